The second-order valence-corrected chi connectivity index (χ2v) is 6.93. The number of carbonyl (C=O) groups excluding carboxylic acids is 1. The van der Waals surface area contributed by atoms with Gasteiger partial charge in [-0.2, -0.15) is 4.98 Å². The highest BCUT2D eigenvalue weighted by Crippen LogP contribution is 2.33. The molecule has 1 fully saturated rings. The van der Waals surface area contributed by atoms with Crippen molar-refractivity contribution in [1.29, 1.82) is 0 Å². The minimum Gasteiger partial charge on any atom is -0.493 e. The number of carbonyl (C=O) groups is 1. The lowest BCUT2D eigenvalue weighted by Gasteiger charge is -2.24. The van der Waals surface area contributed by atoms with Crippen LogP contribution in [-0.4, -0.2) is 62.4 Å². The van der Waals surface area contributed by atoms with Gasteiger partial charge in [-0.25, -0.2) is 4.98 Å². The lowest BCUT2D eigenvalue weighted by molar-refractivity contribution is -0.130. The lowest BCUT2D eigenvalue weighted by Crippen LogP contribution is -2.45. The summed E-state index contributed by atoms with van der Waals surface area (Å²) in [5, 5.41) is 3.67. The van der Waals surface area contributed by atoms with E-state index in [2.05, 4.69) is 15.3 Å². The summed E-state index contributed by atoms with van der Waals surface area (Å²) < 4.78 is 16.1. The standard InChI is InChI=1S/C19H27N5O4/c1-11(21-18(25)14-6-5-7-28-14)10-24(2)19-22-13-9-16(27-4)15(26-3)8-12(13)17(20)23-19/h8-9,11,14H,5-7,10H2,1-4H3,(H,21,25)(H2,20,22,23). The summed E-state index contributed by atoms with van der Waals surface area (Å²) in [4.78, 5) is 23.0. The number of nitrogens with two attached hydrogens (primary N) is 1. The molecule has 9 nitrogen and oxygen atoms in total. The van der Waals surface area contributed by atoms with E-state index in [1.165, 1.54) is 0 Å². The minimum atomic E-state index is -0.345. The van der Waals surface area contributed by atoms with Crippen LogP contribution in [0.3, 0.4) is 0 Å². The van der Waals surface area contributed by atoms with Gasteiger partial charge in [-0.15, -0.1) is 0 Å². The van der Waals surface area contributed by atoms with E-state index in [9.17, 15) is 4.79 Å². The van der Waals surface area contributed by atoms with Crippen LogP contribution in [0.25, 0.3) is 10.9 Å². The number of ether oxygens (including phenoxy) is 3. The average Bonchev–Trinajstić information content (AvgIpc) is 3.21. The molecule has 0 spiro atoms. The molecule has 1 aromatic carbocycles. The molecule has 2 unspecified atom stereocenters. The molecule has 1 aliphatic heterocycles. The first-order valence-electron chi connectivity index (χ1n) is 9.25. The fourth-order valence-electron chi connectivity index (χ4n) is 3.30. The third kappa shape index (κ3) is 4.19. The number of nitrogens with zero attached hydrogens (tertiary/aromatic N) is 3. The van der Waals surface area contributed by atoms with E-state index in [0.717, 1.165) is 12.8 Å². The first-order chi connectivity index (χ1) is 13.4. The van der Waals surface area contributed by atoms with Crippen molar-refractivity contribution in [2.45, 2.75) is 31.9 Å². The van der Waals surface area contributed by atoms with E-state index in [1.54, 1.807) is 26.4 Å². The van der Waals surface area contributed by atoms with Crippen molar-refractivity contribution in [3.8, 4) is 11.5 Å². The van der Waals surface area contributed by atoms with Crippen molar-refractivity contribution >= 4 is 28.6 Å². The fraction of sp³-hybridized carbons (Fsp3) is 0.526. The number of nitrogen functional groups attached to an aromatic ring is 1. The molecule has 0 bridgehead atoms. The van der Waals surface area contributed by atoms with Crippen molar-refractivity contribution in [2.75, 3.05) is 45.1 Å². The van der Waals surface area contributed by atoms with Gasteiger partial charge in [0.2, 0.25) is 11.9 Å². The van der Waals surface area contributed by atoms with Gasteiger partial charge >= 0.3 is 0 Å². The maximum atomic E-state index is 12.2. The Kier molecular flexibility index (Phi) is 6.03. The second-order valence-electron chi connectivity index (χ2n) is 6.93. The number of fused-ring (bicyclic) bond motifs is 1. The van der Waals surface area contributed by atoms with Gasteiger partial charge in [0, 0.05) is 37.7 Å². The van der Waals surface area contributed by atoms with Crippen LogP contribution in [0.1, 0.15) is 19.8 Å². The Morgan fingerprint density at radius 2 is 2.07 bits per heavy atom. The molecule has 1 amide bonds. The van der Waals surface area contributed by atoms with E-state index in [0.29, 0.717) is 47.3 Å². The molecule has 152 valence electrons. The molecule has 3 rings (SSSR count). The van der Waals surface area contributed by atoms with Crippen molar-refractivity contribution in [1.82, 2.24) is 15.3 Å². The first kappa shape index (κ1) is 19.9. The predicted molar refractivity (Wildman–Crippen MR) is 107 cm³/mol. The topological polar surface area (TPSA) is 112 Å². The molecule has 9 heteroatoms. The maximum absolute atomic E-state index is 12.2. The molecule has 2 atom stereocenters. The van der Waals surface area contributed by atoms with Crippen molar-refractivity contribution in [3.05, 3.63) is 12.1 Å². The average molecular weight is 389 g/mol. The summed E-state index contributed by atoms with van der Waals surface area (Å²) in [6.07, 6.45) is 1.34. The molecule has 1 saturated heterocycles. The highest BCUT2D eigenvalue weighted by atomic mass is 16.5. The van der Waals surface area contributed by atoms with Gasteiger partial charge in [0.25, 0.3) is 0 Å². The lowest BCUT2D eigenvalue weighted by atomic mass is 10.2. The monoisotopic (exact) mass is 389 g/mol. The molecule has 1 aromatic heterocycles. The molecule has 2 heterocycles. The predicted octanol–water partition coefficient (Wildman–Crippen LogP) is 1.35. The van der Waals surface area contributed by atoms with E-state index in [-0.39, 0.29) is 18.1 Å². The molecule has 2 aromatic rings. The van der Waals surface area contributed by atoms with Crippen LogP contribution in [-0.2, 0) is 9.53 Å². The maximum Gasteiger partial charge on any atom is 0.249 e. The van der Waals surface area contributed by atoms with Crippen LogP contribution in [0.15, 0.2) is 12.1 Å². The van der Waals surface area contributed by atoms with Gasteiger partial charge in [0.05, 0.1) is 19.7 Å². The van der Waals surface area contributed by atoms with Gasteiger partial charge in [-0.05, 0) is 25.8 Å². The van der Waals surface area contributed by atoms with E-state index < -0.39 is 0 Å². The van der Waals surface area contributed by atoms with Gasteiger partial charge in [0.15, 0.2) is 11.5 Å². The Morgan fingerprint density at radius 3 is 2.71 bits per heavy atom. The number of rotatable bonds is 7. The Morgan fingerprint density at radius 1 is 1.36 bits per heavy atom. The number of hydrogen-bond donors (Lipinski definition) is 2. The second kappa shape index (κ2) is 8.47. The Bertz CT molecular complexity index is 854. The number of amides is 1. The number of methoxy groups -OCH3 is 2. The summed E-state index contributed by atoms with van der Waals surface area (Å²) in [7, 11) is 4.99. The minimum absolute atomic E-state index is 0.0748. The summed E-state index contributed by atoms with van der Waals surface area (Å²) in [5.41, 5.74) is 6.80. The summed E-state index contributed by atoms with van der Waals surface area (Å²) in [5.74, 6) is 1.88. The van der Waals surface area contributed by atoms with Crippen LogP contribution >= 0.6 is 0 Å². The summed E-state index contributed by atoms with van der Waals surface area (Å²) in [6, 6.07) is 3.43. The molecule has 0 radical (unpaired) electrons. The van der Waals surface area contributed by atoms with Gasteiger partial charge in [-0.1, -0.05) is 0 Å². The molecule has 28 heavy (non-hydrogen) atoms. The van der Waals surface area contributed by atoms with Crippen LogP contribution < -0.4 is 25.4 Å². The van der Waals surface area contributed by atoms with Crippen LogP contribution in [0.2, 0.25) is 0 Å². The number of nitrogens with one attached hydrogen (secondary N) is 1. The largest absolute Gasteiger partial charge is 0.493 e. The zero-order valence-corrected chi connectivity index (χ0v) is 16.7. The number of anilines is 2. The van der Waals surface area contributed by atoms with Gasteiger partial charge < -0.3 is 30.2 Å². The fourth-order valence-corrected chi connectivity index (χ4v) is 3.30. The quantitative estimate of drug-likeness (QED) is 0.730. The number of likely N-dealkylation sites (N-methyl/N-ethyl adjacent to an activating group) is 1. The van der Waals surface area contributed by atoms with E-state index >= 15 is 0 Å². The molecule has 1 aliphatic rings. The van der Waals surface area contributed by atoms with Crippen molar-refractivity contribution < 1.29 is 19.0 Å². The Balaban J connectivity index is 1.75. The molecular weight excluding hydrogens is 362 g/mol. The third-order valence-corrected chi connectivity index (χ3v) is 4.72. The van der Waals surface area contributed by atoms with E-state index in [1.807, 2.05) is 18.9 Å². The molecule has 0 aliphatic carbocycles. The zero-order valence-electron chi connectivity index (χ0n) is 16.7. The zero-order chi connectivity index (χ0) is 20.3. The number of hydrogen-bond acceptors (Lipinski definition) is 8. The van der Waals surface area contributed by atoms with Crippen molar-refractivity contribution in [2.24, 2.45) is 0 Å². The smallest absolute Gasteiger partial charge is 0.249 e. The summed E-state index contributed by atoms with van der Waals surface area (Å²) in [6.45, 7) is 3.10. The van der Waals surface area contributed by atoms with Gasteiger partial charge in [-0.3, -0.25) is 4.79 Å². The Hall–Kier alpha value is -2.81. The highest BCUT2D eigenvalue weighted by molar-refractivity contribution is 5.91. The SMILES string of the molecule is COc1cc2nc(N(C)CC(C)NC(=O)C3CCCO3)nc(N)c2cc1OC. The third-order valence-electron chi connectivity index (χ3n) is 4.72. The molecule has 3 N–H and O–H groups in total. The molecular formula is C19H27N5O4. The van der Waals surface area contributed by atoms with Crippen LogP contribution in [0.4, 0.5) is 11.8 Å². The van der Waals surface area contributed by atoms with Crippen LogP contribution in [0, 0.1) is 0 Å². The summed E-state index contributed by atoms with van der Waals surface area (Å²) >= 11 is 0. The number of benzene rings is 1. The Labute approximate surface area is 164 Å². The highest BCUT2D eigenvalue weighted by Gasteiger charge is 2.25. The van der Waals surface area contributed by atoms with Crippen molar-refractivity contribution in [3.63, 3.8) is 0 Å². The van der Waals surface area contributed by atoms with Crippen LogP contribution in [0.5, 0.6) is 11.5 Å². The first-order valence-corrected chi connectivity index (χ1v) is 9.25. The normalized spacial score (nSPS) is 17.4. The number of aromatic nitrogens is 2. The molecule has 0 saturated carbocycles. The van der Waals surface area contributed by atoms with E-state index in [4.69, 9.17) is 19.9 Å². The van der Waals surface area contributed by atoms with Gasteiger partial charge in [0.1, 0.15) is 11.9 Å².